The number of amides is 2. The van der Waals surface area contributed by atoms with Crippen molar-refractivity contribution in [2.75, 3.05) is 11.9 Å². The molecule has 0 aliphatic carbocycles. The first-order chi connectivity index (χ1) is 9.25. The Hall–Kier alpha value is -2.47. The van der Waals surface area contributed by atoms with Crippen molar-refractivity contribution in [3.63, 3.8) is 0 Å². The Morgan fingerprint density at radius 1 is 1.11 bits per heavy atom. The van der Waals surface area contributed by atoms with Gasteiger partial charge in [0.2, 0.25) is 0 Å². The molecule has 6 heteroatoms. The molecule has 3 N–H and O–H groups in total. The lowest BCUT2D eigenvalue weighted by molar-refractivity contribution is 0.175. The van der Waals surface area contributed by atoms with Gasteiger partial charge in [-0.05, 0) is 29.8 Å². The molecule has 0 aliphatic heterocycles. The van der Waals surface area contributed by atoms with Gasteiger partial charge < -0.3 is 15.7 Å². The molecule has 0 fully saturated rings. The minimum absolute atomic E-state index is 0.126. The van der Waals surface area contributed by atoms with E-state index in [0.29, 0.717) is 11.3 Å². The zero-order valence-electron chi connectivity index (χ0n) is 10.2. The molecule has 0 spiro atoms. The molecule has 0 saturated heterocycles. The van der Waals surface area contributed by atoms with Gasteiger partial charge in [0.25, 0.3) is 0 Å². The predicted molar refractivity (Wildman–Crippen MR) is 70.5 cm³/mol. The van der Waals surface area contributed by atoms with Crippen molar-refractivity contribution >= 4 is 11.7 Å². The van der Waals surface area contributed by atoms with E-state index in [1.165, 1.54) is 0 Å². The van der Waals surface area contributed by atoms with Crippen LogP contribution in [0.15, 0.2) is 49.1 Å². The van der Waals surface area contributed by atoms with E-state index in [2.05, 4.69) is 20.6 Å². The van der Waals surface area contributed by atoms with E-state index < -0.39 is 6.10 Å². The Bertz CT molecular complexity index is 519. The van der Waals surface area contributed by atoms with Gasteiger partial charge in [-0.25, -0.2) is 4.79 Å². The van der Waals surface area contributed by atoms with Gasteiger partial charge >= 0.3 is 6.03 Å². The Kier molecular flexibility index (Phi) is 4.41. The molecule has 0 aliphatic rings. The molecule has 19 heavy (non-hydrogen) atoms. The van der Waals surface area contributed by atoms with Crippen LogP contribution in [0, 0.1) is 0 Å². The topological polar surface area (TPSA) is 87.1 Å². The van der Waals surface area contributed by atoms with Crippen LogP contribution in [0.25, 0.3) is 0 Å². The number of carbonyl (C=O) groups excluding carboxylic acids is 1. The third-order valence-electron chi connectivity index (χ3n) is 2.49. The number of hydrogen-bond acceptors (Lipinski definition) is 4. The first-order valence-corrected chi connectivity index (χ1v) is 5.78. The Balaban J connectivity index is 1.81. The fraction of sp³-hybridized carbons (Fsp3) is 0.154. The second-order valence-corrected chi connectivity index (χ2v) is 3.87. The molecule has 6 nitrogen and oxygen atoms in total. The fourth-order valence-corrected chi connectivity index (χ4v) is 1.50. The lowest BCUT2D eigenvalue weighted by Crippen LogP contribution is -2.32. The molecule has 98 valence electrons. The molecular formula is C13H14N4O2. The summed E-state index contributed by atoms with van der Waals surface area (Å²) in [5, 5.41) is 15.1. The number of nitrogens with zero attached hydrogens (tertiary/aromatic N) is 2. The number of aliphatic hydroxyl groups excluding tert-OH is 1. The summed E-state index contributed by atoms with van der Waals surface area (Å²) in [5.74, 6) is 0. The summed E-state index contributed by atoms with van der Waals surface area (Å²) in [6, 6.07) is 6.39. The molecule has 1 unspecified atom stereocenters. The van der Waals surface area contributed by atoms with Gasteiger partial charge in [0.05, 0.1) is 6.10 Å². The number of rotatable bonds is 4. The molecule has 0 bridgehead atoms. The van der Waals surface area contributed by atoms with Crippen LogP contribution in [0.2, 0.25) is 0 Å². The van der Waals surface area contributed by atoms with Crippen LogP contribution < -0.4 is 10.6 Å². The fourth-order valence-electron chi connectivity index (χ4n) is 1.50. The third kappa shape index (κ3) is 4.04. The Labute approximate surface area is 110 Å². The first-order valence-electron chi connectivity index (χ1n) is 5.78. The molecule has 2 aromatic rings. The maximum absolute atomic E-state index is 11.6. The van der Waals surface area contributed by atoms with Gasteiger partial charge in [0.15, 0.2) is 0 Å². The van der Waals surface area contributed by atoms with E-state index in [-0.39, 0.29) is 12.6 Å². The molecule has 2 aromatic heterocycles. The molecule has 2 rings (SSSR count). The van der Waals surface area contributed by atoms with Crippen LogP contribution >= 0.6 is 0 Å². The lowest BCUT2D eigenvalue weighted by atomic mass is 10.1. The van der Waals surface area contributed by atoms with E-state index in [0.717, 1.165) is 0 Å². The number of nitrogens with one attached hydrogen (secondary N) is 2. The van der Waals surface area contributed by atoms with Crippen LogP contribution in [-0.2, 0) is 0 Å². The van der Waals surface area contributed by atoms with Crippen molar-refractivity contribution in [1.82, 2.24) is 15.3 Å². The van der Waals surface area contributed by atoms with Gasteiger partial charge in [-0.1, -0.05) is 0 Å². The normalized spacial score (nSPS) is 11.6. The summed E-state index contributed by atoms with van der Waals surface area (Å²) in [6.45, 7) is 0.126. The van der Waals surface area contributed by atoms with E-state index in [9.17, 15) is 9.90 Å². The molecule has 0 aromatic carbocycles. The molecule has 0 saturated carbocycles. The van der Waals surface area contributed by atoms with E-state index in [1.54, 1.807) is 49.1 Å². The van der Waals surface area contributed by atoms with Crippen LogP contribution in [0.4, 0.5) is 10.5 Å². The maximum Gasteiger partial charge on any atom is 0.319 e. The summed E-state index contributed by atoms with van der Waals surface area (Å²) >= 11 is 0. The summed E-state index contributed by atoms with van der Waals surface area (Å²) in [6.07, 6.45) is 5.60. The summed E-state index contributed by atoms with van der Waals surface area (Å²) in [7, 11) is 0. The van der Waals surface area contributed by atoms with Gasteiger partial charge in [-0.3, -0.25) is 9.97 Å². The number of urea groups is 1. The van der Waals surface area contributed by atoms with E-state index in [4.69, 9.17) is 0 Å². The van der Waals surface area contributed by atoms with Crippen molar-refractivity contribution in [2.45, 2.75) is 6.10 Å². The van der Waals surface area contributed by atoms with Gasteiger partial charge in [-0.15, -0.1) is 0 Å². The Morgan fingerprint density at radius 3 is 2.32 bits per heavy atom. The monoisotopic (exact) mass is 258 g/mol. The average molecular weight is 258 g/mol. The van der Waals surface area contributed by atoms with E-state index in [1.807, 2.05) is 0 Å². The minimum atomic E-state index is -0.758. The van der Waals surface area contributed by atoms with Crippen LogP contribution in [0.3, 0.4) is 0 Å². The summed E-state index contributed by atoms with van der Waals surface area (Å²) in [4.78, 5) is 19.3. The SMILES string of the molecule is O=C(NCC(O)c1ccncc1)Nc1ccncc1. The summed E-state index contributed by atoms with van der Waals surface area (Å²) < 4.78 is 0. The minimum Gasteiger partial charge on any atom is -0.387 e. The highest BCUT2D eigenvalue weighted by Gasteiger charge is 2.08. The highest BCUT2D eigenvalue weighted by Crippen LogP contribution is 2.09. The Morgan fingerprint density at radius 2 is 1.68 bits per heavy atom. The van der Waals surface area contributed by atoms with Crippen LogP contribution in [0.1, 0.15) is 11.7 Å². The number of hydrogen-bond donors (Lipinski definition) is 3. The highest BCUT2D eigenvalue weighted by atomic mass is 16.3. The van der Waals surface area contributed by atoms with Crippen LogP contribution in [-0.4, -0.2) is 27.7 Å². The highest BCUT2D eigenvalue weighted by molar-refractivity contribution is 5.89. The average Bonchev–Trinajstić information content (AvgIpc) is 2.47. The molecule has 2 heterocycles. The smallest absolute Gasteiger partial charge is 0.319 e. The zero-order valence-corrected chi connectivity index (χ0v) is 10.2. The predicted octanol–water partition coefficient (Wildman–Crippen LogP) is 1.33. The van der Waals surface area contributed by atoms with Crippen molar-refractivity contribution in [3.8, 4) is 0 Å². The zero-order chi connectivity index (χ0) is 13.5. The molecule has 2 amide bonds. The largest absolute Gasteiger partial charge is 0.387 e. The first kappa shape index (κ1) is 13.0. The number of pyridine rings is 2. The van der Waals surface area contributed by atoms with Gasteiger partial charge in [0, 0.05) is 37.0 Å². The maximum atomic E-state index is 11.6. The second-order valence-electron chi connectivity index (χ2n) is 3.87. The van der Waals surface area contributed by atoms with Crippen LogP contribution in [0.5, 0.6) is 0 Å². The number of carbonyl (C=O) groups is 1. The van der Waals surface area contributed by atoms with Crippen molar-refractivity contribution in [2.24, 2.45) is 0 Å². The van der Waals surface area contributed by atoms with Crippen molar-refractivity contribution < 1.29 is 9.90 Å². The molecular weight excluding hydrogens is 244 g/mol. The van der Waals surface area contributed by atoms with Crippen molar-refractivity contribution in [3.05, 3.63) is 54.6 Å². The number of aromatic nitrogens is 2. The van der Waals surface area contributed by atoms with Gasteiger partial charge in [0.1, 0.15) is 0 Å². The molecule has 0 radical (unpaired) electrons. The quantitative estimate of drug-likeness (QED) is 0.772. The lowest BCUT2D eigenvalue weighted by Gasteiger charge is -2.12. The van der Waals surface area contributed by atoms with Crippen molar-refractivity contribution in [1.29, 1.82) is 0 Å². The number of anilines is 1. The second kappa shape index (κ2) is 6.46. The van der Waals surface area contributed by atoms with E-state index >= 15 is 0 Å². The molecule has 1 atom stereocenters. The van der Waals surface area contributed by atoms with Gasteiger partial charge in [-0.2, -0.15) is 0 Å². The number of aliphatic hydroxyl groups is 1. The summed E-state index contributed by atoms with van der Waals surface area (Å²) in [5.41, 5.74) is 1.35. The third-order valence-corrected chi connectivity index (χ3v) is 2.49. The standard InChI is InChI=1S/C13H14N4O2/c18-12(10-1-5-14-6-2-10)9-16-13(19)17-11-3-7-15-8-4-11/h1-8,12,18H,9H2,(H2,15,16,17,19).